The van der Waals surface area contributed by atoms with Crippen molar-refractivity contribution in [1.29, 1.82) is 0 Å². The number of nitrogens with one attached hydrogen (secondary N) is 1. The molecule has 3 aromatic rings. The van der Waals surface area contributed by atoms with Gasteiger partial charge in [0.25, 0.3) is 0 Å². The predicted molar refractivity (Wildman–Crippen MR) is 96.9 cm³/mol. The Morgan fingerprint density at radius 2 is 2.19 bits per heavy atom. The molecular formula is C19H21N3O4. The monoisotopic (exact) mass is 355 g/mol. The molecule has 7 nitrogen and oxygen atoms in total. The van der Waals surface area contributed by atoms with Crippen LogP contribution in [0.15, 0.2) is 46.0 Å². The molecule has 0 bridgehead atoms. The zero-order valence-corrected chi connectivity index (χ0v) is 14.8. The number of methoxy groups -OCH3 is 1. The number of rotatable bonds is 7. The first kappa shape index (κ1) is 17.9. The fourth-order valence-electron chi connectivity index (χ4n) is 2.79. The summed E-state index contributed by atoms with van der Waals surface area (Å²) in [4.78, 5) is 28.2. The van der Waals surface area contributed by atoms with Crippen molar-refractivity contribution in [3.05, 3.63) is 64.0 Å². The molecule has 2 aromatic heterocycles. The zero-order valence-electron chi connectivity index (χ0n) is 14.8. The lowest BCUT2D eigenvalue weighted by Crippen LogP contribution is -2.26. The van der Waals surface area contributed by atoms with Gasteiger partial charge in [0, 0.05) is 31.3 Å². The number of benzene rings is 1. The first-order chi connectivity index (χ1) is 12.6. The minimum atomic E-state index is -0.455. The smallest absolute Gasteiger partial charge is 0.336 e. The third kappa shape index (κ3) is 4.18. The molecule has 0 aliphatic carbocycles. The quantitative estimate of drug-likeness (QED) is 0.653. The Hall–Kier alpha value is -2.93. The van der Waals surface area contributed by atoms with Gasteiger partial charge in [-0.3, -0.25) is 4.79 Å². The van der Waals surface area contributed by atoms with Gasteiger partial charge in [-0.15, -0.1) is 0 Å². The van der Waals surface area contributed by atoms with Crippen LogP contribution >= 0.6 is 0 Å². The van der Waals surface area contributed by atoms with Crippen molar-refractivity contribution >= 4 is 16.9 Å². The topological polar surface area (TPSA) is 86.4 Å². The van der Waals surface area contributed by atoms with E-state index in [1.54, 1.807) is 25.7 Å². The van der Waals surface area contributed by atoms with E-state index < -0.39 is 5.63 Å². The fraction of sp³-hybridized carbons (Fsp3) is 0.316. The van der Waals surface area contributed by atoms with Crippen molar-refractivity contribution in [3.63, 3.8) is 0 Å². The van der Waals surface area contributed by atoms with Crippen molar-refractivity contribution in [2.24, 2.45) is 0 Å². The van der Waals surface area contributed by atoms with E-state index in [-0.39, 0.29) is 12.3 Å². The molecule has 0 fully saturated rings. The van der Waals surface area contributed by atoms with E-state index in [2.05, 4.69) is 10.3 Å². The molecule has 0 radical (unpaired) electrons. The van der Waals surface area contributed by atoms with E-state index >= 15 is 0 Å². The summed E-state index contributed by atoms with van der Waals surface area (Å²) in [6.45, 7) is 3.53. The molecule has 2 heterocycles. The van der Waals surface area contributed by atoms with Gasteiger partial charge in [-0.05, 0) is 24.1 Å². The first-order valence-electron chi connectivity index (χ1n) is 8.35. The van der Waals surface area contributed by atoms with Crippen LogP contribution in [0, 0.1) is 6.92 Å². The predicted octanol–water partition coefficient (Wildman–Crippen LogP) is 1.80. The minimum absolute atomic E-state index is 0.109. The van der Waals surface area contributed by atoms with Gasteiger partial charge in [0.2, 0.25) is 5.91 Å². The van der Waals surface area contributed by atoms with Crippen LogP contribution < -0.4 is 10.9 Å². The largest absolute Gasteiger partial charge is 0.423 e. The summed E-state index contributed by atoms with van der Waals surface area (Å²) in [5.74, 6) is -0.169. The van der Waals surface area contributed by atoms with Crippen LogP contribution in [0.5, 0.6) is 0 Å². The van der Waals surface area contributed by atoms with Crippen LogP contribution in [0.3, 0.4) is 0 Å². The molecule has 3 rings (SSSR count). The Morgan fingerprint density at radius 3 is 3.00 bits per heavy atom. The highest BCUT2D eigenvalue weighted by Crippen LogP contribution is 2.19. The molecule has 7 heteroatoms. The van der Waals surface area contributed by atoms with Crippen molar-refractivity contribution in [3.8, 4) is 0 Å². The van der Waals surface area contributed by atoms with Gasteiger partial charge >= 0.3 is 5.63 Å². The number of imidazole rings is 1. The molecule has 0 atom stereocenters. The van der Waals surface area contributed by atoms with Crippen LogP contribution in [0.1, 0.15) is 16.8 Å². The van der Waals surface area contributed by atoms with E-state index in [1.807, 2.05) is 23.6 Å². The number of carbonyl (C=O) groups is 1. The van der Waals surface area contributed by atoms with Gasteiger partial charge in [-0.1, -0.05) is 12.1 Å². The fourth-order valence-corrected chi connectivity index (χ4v) is 2.79. The maximum Gasteiger partial charge on any atom is 0.336 e. The van der Waals surface area contributed by atoms with Crippen LogP contribution in [0.4, 0.5) is 0 Å². The Labute approximate surface area is 150 Å². The molecular weight excluding hydrogens is 334 g/mol. The second kappa shape index (κ2) is 7.97. The molecule has 0 saturated heterocycles. The molecule has 1 N–H and O–H groups in total. The standard InChI is InChI=1S/C19H21N3O4/c1-13-3-4-16-14(9-19(24)26-17(16)7-13)8-18(23)21-11-15-10-20-12-22(15)5-6-25-2/h3-4,7,9-10,12H,5-6,8,11H2,1-2H3,(H,21,23). The van der Waals surface area contributed by atoms with Crippen molar-refractivity contribution < 1.29 is 13.9 Å². The Morgan fingerprint density at radius 1 is 1.35 bits per heavy atom. The molecule has 0 saturated carbocycles. The van der Waals surface area contributed by atoms with Crippen LogP contribution in [0.2, 0.25) is 0 Å². The molecule has 0 spiro atoms. The Kier molecular flexibility index (Phi) is 5.48. The summed E-state index contributed by atoms with van der Waals surface area (Å²) in [5, 5.41) is 3.65. The third-order valence-corrected chi connectivity index (χ3v) is 4.14. The molecule has 136 valence electrons. The Bertz CT molecular complexity index is 974. The summed E-state index contributed by atoms with van der Waals surface area (Å²) < 4.78 is 12.2. The first-order valence-corrected chi connectivity index (χ1v) is 8.35. The number of nitrogens with zero attached hydrogens (tertiary/aromatic N) is 2. The molecule has 1 aromatic carbocycles. The van der Waals surface area contributed by atoms with Gasteiger partial charge in [-0.25, -0.2) is 9.78 Å². The average Bonchev–Trinajstić information content (AvgIpc) is 3.05. The van der Waals surface area contributed by atoms with Gasteiger partial charge < -0.3 is 19.0 Å². The highest BCUT2D eigenvalue weighted by Gasteiger charge is 2.11. The van der Waals surface area contributed by atoms with Gasteiger partial charge in [0.05, 0.1) is 31.6 Å². The second-order valence-corrected chi connectivity index (χ2v) is 6.11. The van der Waals surface area contributed by atoms with Crippen LogP contribution in [-0.2, 0) is 29.0 Å². The van der Waals surface area contributed by atoms with E-state index in [0.29, 0.717) is 30.8 Å². The lowest BCUT2D eigenvalue weighted by atomic mass is 10.1. The van der Waals surface area contributed by atoms with Gasteiger partial charge in [-0.2, -0.15) is 0 Å². The number of carbonyl (C=O) groups excluding carboxylic acids is 1. The summed E-state index contributed by atoms with van der Waals surface area (Å²) in [5.41, 5.74) is 2.58. The van der Waals surface area contributed by atoms with E-state index in [0.717, 1.165) is 16.6 Å². The number of amides is 1. The second-order valence-electron chi connectivity index (χ2n) is 6.11. The highest BCUT2D eigenvalue weighted by molar-refractivity contribution is 5.87. The lowest BCUT2D eigenvalue weighted by molar-refractivity contribution is -0.120. The maximum absolute atomic E-state index is 12.4. The molecule has 26 heavy (non-hydrogen) atoms. The summed E-state index contributed by atoms with van der Waals surface area (Å²) >= 11 is 0. The summed E-state index contributed by atoms with van der Waals surface area (Å²) in [6, 6.07) is 6.97. The number of aryl methyl sites for hydroxylation is 1. The van der Waals surface area contributed by atoms with E-state index in [1.165, 1.54) is 6.07 Å². The highest BCUT2D eigenvalue weighted by atomic mass is 16.5. The number of hydrogen-bond acceptors (Lipinski definition) is 5. The molecule has 0 unspecified atom stereocenters. The third-order valence-electron chi connectivity index (χ3n) is 4.14. The summed E-state index contributed by atoms with van der Waals surface area (Å²) in [7, 11) is 1.64. The molecule has 1 amide bonds. The number of hydrogen-bond donors (Lipinski definition) is 1. The number of aromatic nitrogens is 2. The minimum Gasteiger partial charge on any atom is -0.423 e. The number of fused-ring (bicyclic) bond motifs is 1. The number of ether oxygens (including phenoxy) is 1. The van der Waals surface area contributed by atoms with Crippen molar-refractivity contribution in [2.75, 3.05) is 13.7 Å². The molecule has 0 aliphatic rings. The average molecular weight is 355 g/mol. The van der Waals surface area contributed by atoms with E-state index in [4.69, 9.17) is 9.15 Å². The molecule has 0 aliphatic heterocycles. The van der Waals surface area contributed by atoms with Gasteiger partial charge in [0.1, 0.15) is 5.58 Å². The SMILES string of the molecule is COCCn1cncc1CNC(=O)Cc1cc(=O)oc2cc(C)ccc12. The van der Waals surface area contributed by atoms with Crippen molar-refractivity contribution in [2.45, 2.75) is 26.4 Å². The zero-order chi connectivity index (χ0) is 18.5. The van der Waals surface area contributed by atoms with Crippen LogP contribution in [-0.4, -0.2) is 29.2 Å². The summed E-state index contributed by atoms with van der Waals surface area (Å²) in [6.07, 6.45) is 3.53. The van der Waals surface area contributed by atoms with E-state index in [9.17, 15) is 9.59 Å². The maximum atomic E-state index is 12.4. The lowest BCUT2D eigenvalue weighted by Gasteiger charge is -2.10. The Balaban J connectivity index is 1.70. The normalized spacial score (nSPS) is 11.0. The van der Waals surface area contributed by atoms with Gasteiger partial charge in [0.15, 0.2) is 0 Å². The van der Waals surface area contributed by atoms with Crippen LogP contribution in [0.25, 0.3) is 11.0 Å². The van der Waals surface area contributed by atoms with Crippen molar-refractivity contribution in [1.82, 2.24) is 14.9 Å².